The van der Waals surface area contributed by atoms with E-state index >= 15 is 0 Å². The number of hydrogen-bond donors (Lipinski definition) is 1. The van der Waals surface area contributed by atoms with Gasteiger partial charge in [-0.25, -0.2) is 0 Å². The maximum absolute atomic E-state index is 13.2. The Bertz CT molecular complexity index is 1100. The van der Waals surface area contributed by atoms with Gasteiger partial charge in [-0.15, -0.1) is 11.8 Å². The van der Waals surface area contributed by atoms with Crippen molar-refractivity contribution in [1.82, 2.24) is 0 Å². The molecule has 0 radical (unpaired) electrons. The first-order valence-electron chi connectivity index (χ1n) is 11.5. The Hall–Kier alpha value is -2.32. The highest BCUT2D eigenvalue weighted by Crippen LogP contribution is 2.51. The summed E-state index contributed by atoms with van der Waals surface area (Å²) in [6.45, 7) is 5.95. The molecule has 190 valence electrons. The molecule has 3 rings (SSSR count). The number of carbonyl (C=O) groups is 2. The summed E-state index contributed by atoms with van der Waals surface area (Å²) < 4.78 is 34.2. The number of fused-ring (bicyclic) bond motifs is 1. The van der Waals surface area contributed by atoms with E-state index in [0.29, 0.717) is 42.4 Å². The zero-order valence-corrected chi connectivity index (χ0v) is 22.4. The molecule has 0 saturated carbocycles. The van der Waals surface area contributed by atoms with Gasteiger partial charge in [0.2, 0.25) is 5.91 Å². The number of ketones is 1. The summed E-state index contributed by atoms with van der Waals surface area (Å²) in [7, 11) is -0.146. The Balaban J connectivity index is 1.75. The lowest BCUT2D eigenvalue weighted by Crippen LogP contribution is -2.28. The predicted octanol–water partition coefficient (Wildman–Crippen LogP) is 5.34. The van der Waals surface area contributed by atoms with Crippen LogP contribution >= 0.6 is 19.4 Å². The van der Waals surface area contributed by atoms with Gasteiger partial charge in [-0.05, 0) is 62.6 Å². The van der Waals surface area contributed by atoms with Crippen LogP contribution in [-0.4, -0.2) is 49.6 Å². The summed E-state index contributed by atoms with van der Waals surface area (Å²) in [4.78, 5) is 26.1. The van der Waals surface area contributed by atoms with Crippen LogP contribution in [0.5, 0.6) is 11.5 Å². The first kappa shape index (κ1) is 27.3. The summed E-state index contributed by atoms with van der Waals surface area (Å²) in [5, 5.41) is 2.08. The molecule has 2 aromatic carbocycles. The van der Waals surface area contributed by atoms with Crippen molar-refractivity contribution in [3.63, 3.8) is 0 Å². The van der Waals surface area contributed by atoms with Gasteiger partial charge in [0.25, 0.3) is 0 Å². The second-order valence-corrected chi connectivity index (χ2v) is 11.6. The minimum Gasteiger partial charge on any atom is -0.493 e. The molecule has 2 aromatic rings. The summed E-state index contributed by atoms with van der Waals surface area (Å²) in [6.07, 6.45) is 0.537. The number of thioether (sulfide) groups is 1. The number of Topliss-reactive ketones (excluding diaryl/α,β-unsaturated/α-hetero) is 1. The number of methoxy groups -OCH3 is 2. The SMILES string of the molecule is CCOP(=O)(Cc1ccc(NC(=O)[C@H]2Cc3cc(OC)c(OC)cc3C(=O)[C@H](C)S2)cc1)OCC. The third-order valence-corrected chi connectivity index (χ3v) is 8.95. The van der Waals surface area contributed by atoms with Crippen molar-refractivity contribution in [2.45, 2.75) is 43.9 Å². The third kappa shape index (κ3) is 6.67. The molecule has 0 aliphatic carbocycles. The maximum Gasteiger partial charge on any atom is 0.335 e. The summed E-state index contributed by atoms with van der Waals surface area (Å²) >= 11 is 1.33. The lowest BCUT2D eigenvalue weighted by Gasteiger charge is -2.18. The highest BCUT2D eigenvalue weighted by molar-refractivity contribution is 8.02. The summed E-state index contributed by atoms with van der Waals surface area (Å²) in [6, 6.07) is 10.6. The Kier molecular flexibility index (Phi) is 9.41. The number of rotatable bonds is 10. The minimum absolute atomic E-state index is 0.0429. The van der Waals surface area contributed by atoms with Gasteiger partial charge >= 0.3 is 7.60 Å². The highest BCUT2D eigenvalue weighted by Gasteiger charge is 2.33. The largest absolute Gasteiger partial charge is 0.493 e. The first-order chi connectivity index (χ1) is 16.7. The van der Waals surface area contributed by atoms with E-state index in [1.54, 1.807) is 50.2 Å². The van der Waals surface area contributed by atoms with Crippen molar-refractivity contribution in [3.8, 4) is 11.5 Å². The van der Waals surface area contributed by atoms with Gasteiger partial charge < -0.3 is 23.8 Å². The molecule has 1 N–H and O–H groups in total. The van der Waals surface area contributed by atoms with E-state index in [2.05, 4.69) is 5.32 Å². The highest BCUT2D eigenvalue weighted by atomic mass is 32.2. The standard InChI is InChI=1S/C25H32NO7PS/c1-6-32-34(29,33-7-2)15-17-8-10-19(11-9-17)26-25(28)23-13-18-12-21(30-4)22(31-5)14-20(18)24(27)16(3)35-23/h8-12,14,16,23H,6-7,13,15H2,1-5H3,(H,26,28)/t16-,23+/m0/s1. The number of amides is 1. The van der Waals surface area contributed by atoms with Crippen LogP contribution in [0.4, 0.5) is 5.69 Å². The molecule has 1 aliphatic rings. The number of carbonyl (C=O) groups excluding carboxylic acids is 2. The molecule has 0 unspecified atom stereocenters. The van der Waals surface area contributed by atoms with Gasteiger partial charge in [0.05, 0.1) is 44.1 Å². The Morgan fingerprint density at radius 3 is 2.23 bits per heavy atom. The molecule has 1 heterocycles. The van der Waals surface area contributed by atoms with E-state index in [1.807, 2.05) is 6.92 Å². The van der Waals surface area contributed by atoms with Gasteiger partial charge in [-0.2, -0.15) is 0 Å². The second kappa shape index (κ2) is 12.1. The molecule has 0 saturated heterocycles. The van der Waals surface area contributed by atoms with E-state index in [0.717, 1.165) is 11.1 Å². The second-order valence-electron chi connectivity index (χ2n) is 7.99. The molecule has 1 aliphatic heterocycles. The van der Waals surface area contributed by atoms with Crippen LogP contribution in [0.25, 0.3) is 0 Å². The van der Waals surface area contributed by atoms with Gasteiger partial charge in [0, 0.05) is 11.3 Å². The first-order valence-corrected chi connectivity index (χ1v) is 14.1. The minimum atomic E-state index is -3.21. The molecule has 10 heteroatoms. The van der Waals surface area contributed by atoms with Crippen LogP contribution < -0.4 is 14.8 Å². The lowest BCUT2D eigenvalue weighted by molar-refractivity contribution is -0.115. The molecule has 35 heavy (non-hydrogen) atoms. The smallest absolute Gasteiger partial charge is 0.335 e. The topological polar surface area (TPSA) is 100 Å². The Morgan fingerprint density at radius 1 is 1.06 bits per heavy atom. The zero-order chi connectivity index (χ0) is 25.6. The van der Waals surface area contributed by atoms with Crippen molar-refractivity contribution >= 4 is 36.7 Å². The summed E-state index contributed by atoms with van der Waals surface area (Å²) in [5.74, 6) is 0.765. The van der Waals surface area contributed by atoms with Gasteiger partial charge in [-0.1, -0.05) is 12.1 Å². The monoisotopic (exact) mass is 521 g/mol. The molecule has 0 aromatic heterocycles. The average molecular weight is 522 g/mol. The number of anilines is 1. The fraction of sp³-hybridized carbons (Fsp3) is 0.440. The molecule has 0 fully saturated rings. The van der Waals surface area contributed by atoms with Crippen LogP contribution in [0.15, 0.2) is 36.4 Å². The third-order valence-electron chi connectivity index (χ3n) is 5.56. The molecule has 1 amide bonds. The predicted molar refractivity (Wildman–Crippen MR) is 138 cm³/mol. The van der Waals surface area contributed by atoms with Crippen LogP contribution in [-0.2, 0) is 31.0 Å². The van der Waals surface area contributed by atoms with Crippen LogP contribution in [0.1, 0.15) is 42.3 Å². The van der Waals surface area contributed by atoms with E-state index in [1.165, 1.54) is 26.0 Å². The molecular weight excluding hydrogens is 489 g/mol. The quantitative estimate of drug-likeness (QED) is 0.419. The van der Waals surface area contributed by atoms with E-state index in [9.17, 15) is 14.2 Å². The van der Waals surface area contributed by atoms with Crippen molar-refractivity contribution < 1.29 is 32.7 Å². The Morgan fingerprint density at radius 2 is 1.66 bits per heavy atom. The van der Waals surface area contributed by atoms with Gasteiger partial charge in [0.15, 0.2) is 17.3 Å². The average Bonchev–Trinajstić information content (AvgIpc) is 2.95. The van der Waals surface area contributed by atoms with Crippen LogP contribution in [0, 0.1) is 0 Å². The molecule has 8 nitrogen and oxygen atoms in total. The van der Waals surface area contributed by atoms with E-state index in [4.69, 9.17) is 18.5 Å². The van der Waals surface area contributed by atoms with Crippen molar-refractivity contribution in [2.75, 3.05) is 32.8 Å². The molecule has 2 atom stereocenters. The molecular formula is C25H32NO7PS. The maximum atomic E-state index is 13.2. The molecule has 0 bridgehead atoms. The Labute approximate surface area is 210 Å². The fourth-order valence-electron chi connectivity index (χ4n) is 3.91. The normalized spacial score (nSPS) is 17.9. The van der Waals surface area contributed by atoms with Crippen LogP contribution in [0.3, 0.4) is 0 Å². The summed E-state index contributed by atoms with van der Waals surface area (Å²) in [5.41, 5.74) is 2.70. The van der Waals surface area contributed by atoms with E-state index < -0.39 is 18.1 Å². The number of nitrogens with one attached hydrogen (secondary N) is 1. The number of ether oxygens (including phenoxy) is 2. The number of hydrogen-bond acceptors (Lipinski definition) is 8. The fourth-order valence-corrected chi connectivity index (χ4v) is 6.81. The van der Waals surface area contributed by atoms with Gasteiger partial charge in [0.1, 0.15) is 0 Å². The molecule has 0 spiro atoms. The zero-order valence-electron chi connectivity index (χ0n) is 20.7. The lowest BCUT2D eigenvalue weighted by atomic mass is 9.97. The van der Waals surface area contributed by atoms with Crippen LogP contribution in [0.2, 0.25) is 0 Å². The van der Waals surface area contributed by atoms with Crippen molar-refractivity contribution in [3.05, 3.63) is 53.1 Å². The van der Waals surface area contributed by atoms with Crippen molar-refractivity contribution in [2.24, 2.45) is 0 Å². The number of benzene rings is 2. The van der Waals surface area contributed by atoms with E-state index in [-0.39, 0.29) is 17.9 Å². The van der Waals surface area contributed by atoms with Crippen molar-refractivity contribution in [1.29, 1.82) is 0 Å². The van der Waals surface area contributed by atoms with Gasteiger partial charge in [-0.3, -0.25) is 14.2 Å².